The van der Waals surface area contributed by atoms with E-state index in [9.17, 15) is 9.18 Å². The van der Waals surface area contributed by atoms with Gasteiger partial charge in [-0.3, -0.25) is 4.79 Å². The molecule has 0 radical (unpaired) electrons. The van der Waals surface area contributed by atoms with E-state index >= 15 is 0 Å². The SMILES string of the molecule is COc1ccc(Cl)c(C(=O)CCN)c1F. The predicted molar refractivity (Wildman–Crippen MR) is 56.0 cm³/mol. The molecule has 0 heterocycles. The number of nitrogens with two attached hydrogens (primary N) is 1. The van der Waals surface area contributed by atoms with E-state index in [0.29, 0.717) is 0 Å². The van der Waals surface area contributed by atoms with Crippen molar-refractivity contribution in [2.75, 3.05) is 13.7 Å². The molecule has 15 heavy (non-hydrogen) atoms. The van der Waals surface area contributed by atoms with Crippen molar-refractivity contribution >= 4 is 17.4 Å². The van der Waals surface area contributed by atoms with Crippen LogP contribution in [0, 0.1) is 5.82 Å². The highest BCUT2D eigenvalue weighted by Crippen LogP contribution is 2.27. The molecule has 1 aromatic rings. The number of methoxy groups -OCH3 is 1. The minimum atomic E-state index is -0.733. The van der Waals surface area contributed by atoms with Crippen molar-refractivity contribution in [2.45, 2.75) is 6.42 Å². The molecule has 0 aliphatic carbocycles. The van der Waals surface area contributed by atoms with E-state index in [1.165, 1.54) is 19.2 Å². The number of carbonyl (C=O) groups is 1. The Balaban J connectivity index is 3.20. The van der Waals surface area contributed by atoms with Gasteiger partial charge in [0, 0.05) is 6.42 Å². The van der Waals surface area contributed by atoms with Crippen LogP contribution in [-0.4, -0.2) is 19.4 Å². The highest BCUT2D eigenvalue weighted by atomic mass is 35.5. The number of carbonyl (C=O) groups excluding carboxylic acids is 1. The largest absolute Gasteiger partial charge is 0.494 e. The van der Waals surface area contributed by atoms with E-state index < -0.39 is 11.6 Å². The number of benzene rings is 1. The summed E-state index contributed by atoms with van der Waals surface area (Å²) in [6, 6.07) is 2.80. The third kappa shape index (κ3) is 2.46. The Morgan fingerprint density at radius 2 is 2.27 bits per heavy atom. The summed E-state index contributed by atoms with van der Waals surface area (Å²) < 4.78 is 18.4. The van der Waals surface area contributed by atoms with Gasteiger partial charge in [0.2, 0.25) is 0 Å². The third-order valence-electron chi connectivity index (χ3n) is 1.93. The van der Waals surface area contributed by atoms with Crippen LogP contribution in [0.4, 0.5) is 4.39 Å². The fraction of sp³-hybridized carbons (Fsp3) is 0.300. The summed E-state index contributed by atoms with van der Waals surface area (Å²) in [6.07, 6.45) is 0.0593. The molecular formula is C10H11ClFNO2. The van der Waals surface area contributed by atoms with Gasteiger partial charge < -0.3 is 10.5 Å². The molecule has 0 fully saturated rings. The van der Waals surface area contributed by atoms with Crippen LogP contribution in [0.25, 0.3) is 0 Å². The maximum atomic E-state index is 13.6. The molecule has 5 heteroatoms. The van der Waals surface area contributed by atoms with Gasteiger partial charge in [-0.1, -0.05) is 11.6 Å². The number of ketones is 1. The maximum Gasteiger partial charge on any atom is 0.177 e. The second-order valence-corrected chi connectivity index (χ2v) is 3.31. The molecule has 3 nitrogen and oxygen atoms in total. The highest BCUT2D eigenvalue weighted by Gasteiger charge is 2.18. The van der Waals surface area contributed by atoms with Gasteiger partial charge in [-0.05, 0) is 18.7 Å². The second-order valence-electron chi connectivity index (χ2n) is 2.90. The van der Waals surface area contributed by atoms with Gasteiger partial charge in [-0.15, -0.1) is 0 Å². The summed E-state index contributed by atoms with van der Waals surface area (Å²) in [4.78, 5) is 11.5. The predicted octanol–water partition coefficient (Wildman–Crippen LogP) is 2.02. The number of hydrogen-bond acceptors (Lipinski definition) is 3. The lowest BCUT2D eigenvalue weighted by Crippen LogP contribution is -2.11. The number of hydrogen-bond donors (Lipinski definition) is 1. The van der Waals surface area contributed by atoms with Crippen LogP contribution in [0.3, 0.4) is 0 Å². The summed E-state index contributed by atoms with van der Waals surface area (Å²) in [5, 5.41) is 0.0757. The minimum Gasteiger partial charge on any atom is -0.494 e. The fourth-order valence-corrected chi connectivity index (χ4v) is 1.45. The average Bonchev–Trinajstić information content (AvgIpc) is 2.18. The summed E-state index contributed by atoms with van der Waals surface area (Å²) in [5.74, 6) is -1.15. The number of halogens is 2. The minimum absolute atomic E-state index is 0.000212. The van der Waals surface area contributed by atoms with E-state index in [1.54, 1.807) is 0 Å². The zero-order valence-corrected chi connectivity index (χ0v) is 8.97. The van der Waals surface area contributed by atoms with Gasteiger partial charge in [0.05, 0.1) is 17.7 Å². The molecule has 82 valence electrons. The molecule has 0 aliphatic heterocycles. The fourth-order valence-electron chi connectivity index (χ4n) is 1.20. The molecule has 0 unspecified atom stereocenters. The van der Waals surface area contributed by atoms with E-state index in [2.05, 4.69) is 0 Å². The van der Waals surface area contributed by atoms with Gasteiger partial charge in [0.1, 0.15) is 0 Å². The molecule has 1 aromatic carbocycles. The summed E-state index contributed by atoms with van der Waals surface area (Å²) >= 11 is 5.73. The van der Waals surface area contributed by atoms with Crippen molar-refractivity contribution in [1.29, 1.82) is 0 Å². The van der Waals surface area contributed by atoms with Crippen LogP contribution in [0.2, 0.25) is 5.02 Å². The normalized spacial score (nSPS) is 10.1. The Morgan fingerprint density at radius 1 is 1.60 bits per heavy atom. The third-order valence-corrected chi connectivity index (χ3v) is 2.24. The number of ether oxygens (including phenoxy) is 1. The summed E-state index contributed by atoms with van der Waals surface area (Å²) in [6.45, 7) is 0.159. The van der Waals surface area contributed by atoms with Crippen molar-refractivity contribution in [3.8, 4) is 5.75 Å². The van der Waals surface area contributed by atoms with Crippen molar-refractivity contribution in [3.05, 3.63) is 28.5 Å². The monoisotopic (exact) mass is 231 g/mol. The van der Waals surface area contributed by atoms with Crippen LogP contribution < -0.4 is 10.5 Å². The summed E-state index contributed by atoms with van der Waals surface area (Å²) in [7, 11) is 1.32. The topological polar surface area (TPSA) is 52.3 Å². The lowest BCUT2D eigenvalue weighted by atomic mass is 10.1. The zero-order valence-electron chi connectivity index (χ0n) is 8.22. The molecule has 1 rings (SSSR count). The van der Waals surface area contributed by atoms with Crippen LogP contribution in [-0.2, 0) is 0 Å². The average molecular weight is 232 g/mol. The van der Waals surface area contributed by atoms with Gasteiger partial charge in [0.15, 0.2) is 17.3 Å². The molecular weight excluding hydrogens is 221 g/mol. The molecule has 0 aromatic heterocycles. The van der Waals surface area contributed by atoms with Crippen LogP contribution in [0.1, 0.15) is 16.8 Å². The first-order chi connectivity index (χ1) is 7.11. The molecule has 2 N–H and O–H groups in total. The van der Waals surface area contributed by atoms with Crippen LogP contribution in [0.15, 0.2) is 12.1 Å². The Labute approximate surface area is 92.0 Å². The van der Waals surface area contributed by atoms with E-state index in [1.807, 2.05) is 0 Å². The summed E-state index contributed by atoms with van der Waals surface area (Å²) in [5.41, 5.74) is 5.07. The first kappa shape index (κ1) is 11.9. The molecule has 0 saturated heterocycles. The van der Waals surface area contributed by atoms with E-state index in [-0.39, 0.29) is 29.3 Å². The Hall–Kier alpha value is -1.13. The zero-order chi connectivity index (χ0) is 11.4. The quantitative estimate of drug-likeness (QED) is 0.807. The van der Waals surface area contributed by atoms with Gasteiger partial charge in [-0.2, -0.15) is 0 Å². The first-order valence-corrected chi connectivity index (χ1v) is 4.74. The van der Waals surface area contributed by atoms with E-state index in [0.717, 1.165) is 0 Å². The van der Waals surface area contributed by atoms with Gasteiger partial charge in [0.25, 0.3) is 0 Å². The Bertz CT molecular complexity index is 382. The molecule has 0 aliphatic rings. The smallest absolute Gasteiger partial charge is 0.177 e. The lowest BCUT2D eigenvalue weighted by molar-refractivity contribution is 0.0981. The molecule has 0 saturated carbocycles. The van der Waals surface area contributed by atoms with Crippen molar-refractivity contribution in [3.63, 3.8) is 0 Å². The number of rotatable bonds is 4. The Kier molecular flexibility index (Phi) is 4.05. The van der Waals surface area contributed by atoms with Gasteiger partial charge >= 0.3 is 0 Å². The standard InChI is InChI=1S/C10H11ClFNO2/c1-15-8-3-2-6(11)9(10(8)12)7(14)4-5-13/h2-3H,4-5,13H2,1H3. The molecule has 0 bridgehead atoms. The van der Waals surface area contributed by atoms with Crippen LogP contribution in [0.5, 0.6) is 5.75 Å². The second kappa shape index (κ2) is 5.09. The highest BCUT2D eigenvalue weighted by molar-refractivity contribution is 6.34. The molecule has 0 atom stereocenters. The lowest BCUT2D eigenvalue weighted by Gasteiger charge is -2.08. The van der Waals surface area contributed by atoms with Crippen molar-refractivity contribution in [1.82, 2.24) is 0 Å². The van der Waals surface area contributed by atoms with Crippen molar-refractivity contribution < 1.29 is 13.9 Å². The maximum absolute atomic E-state index is 13.6. The molecule has 0 amide bonds. The first-order valence-electron chi connectivity index (χ1n) is 4.37. The van der Waals surface area contributed by atoms with E-state index in [4.69, 9.17) is 22.1 Å². The molecule has 0 spiro atoms. The van der Waals surface area contributed by atoms with Crippen LogP contribution >= 0.6 is 11.6 Å². The number of Topliss-reactive ketones (excluding diaryl/α,β-unsaturated/α-hetero) is 1. The van der Waals surface area contributed by atoms with Crippen molar-refractivity contribution in [2.24, 2.45) is 5.73 Å². The Morgan fingerprint density at radius 3 is 2.80 bits per heavy atom. The van der Waals surface area contributed by atoms with Gasteiger partial charge in [-0.25, -0.2) is 4.39 Å².